The molecule has 1 fully saturated rings. The summed E-state index contributed by atoms with van der Waals surface area (Å²) in [6, 6.07) is 14.3. The van der Waals surface area contributed by atoms with Crippen molar-refractivity contribution in [1.29, 1.82) is 0 Å². The van der Waals surface area contributed by atoms with E-state index in [-0.39, 0.29) is 6.04 Å². The summed E-state index contributed by atoms with van der Waals surface area (Å²) < 4.78 is 0. The Morgan fingerprint density at radius 3 is 2.62 bits per heavy atom. The molecule has 0 unspecified atom stereocenters. The van der Waals surface area contributed by atoms with Gasteiger partial charge >= 0.3 is 5.97 Å². The smallest absolute Gasteiger partial charge is 0.345 e. The zero-order chi connectivity index (χ0) is 14.8. The maximum absolute atomic E-state index is 11.1. The van der Waals surface area contributed by atoms with Crippen LogP contribution in [0.25, 0.3) is 0 Å². The highest BCUT2D eigenvalue weighted by atomic mass is 32.1. The number of hydrogen-bond acceptors (Lipinski definition) is 4. The molecule has 2 aromatic rings. The standard InChI is InChI=1S/C16H18N2O2S/c1-17-9-10-18(15-8-7-14(21-15)16(19)20)13(11-17)12-5-3-2-4-6-12/h2-8,13H,9-11H2,1H3,(H,19,20)/t13-/m0/s1. The molecule has 3 rings (SSSR count). The van der Waals surface area contributed by atoms with Crippen LogP contribution in [-0.4, -0.2) is 42.7 Å². The molecule has 0 bridgehead atoms. The monoisotopic (exact) mass is 302 g/mol. The molecule has 110 valence electrons. The van der Waals surface area contributed by atoms with Crippen LogP contribution in [0.1, 0.15) is 21.3 Å². The number of anilines is 1. The van der Waals surface area contributed by atoms with Crippen molar-refractivity contribution in [2.75, 3.05) is 31.6 Å². The molecule has 1 aromatic carbocycles. The summed E-state index contributed by atoms with van der Waals surface area (Å²) in [7, 11) is 2.13. The molecule has 0 radical (unpaired) electrons. The average Bonchev–Trinajstić information content (AvgIpc) is 2.98. The van der Waals surface area contributed by atoms with Crippen LogP contribution in [0.4, 0.5) is 5.00 Å². The highest BCUT2D eigenvalue weighted by molar-refractivity contribution is 7.17. The average molecular weight is 302 g/mol. The van der Waals surface area contributed by atoms with Crippen molar-refractivity contribution in [3.05, 3.63) is 52.9 Å². The third-order valence-corrected chi connectivity index (χ3v) is 4.96. The largest absolute Gasteiger partial charge is 0.477 e. The molecule has 0 saturated carbocycles. The second kappa shape index (κ2) is 5.87. The second-order valence-electron chi connectivity index (χ2n) is 5.33. The lowest BCUT2D eigenvalue weighted by Crippen LogP contribution is -2.46. The van der Waals surface area contributed by atoms with Gasteiger partial charge in [-0.05, 0) is 24.7 Å². The molecule has 0 amide bonds. The van der Waals surface area contributed by atoms with Gasteiger partial charge in [0.05, 0.1) is 11.0 Å². The summed E-state index contributed by atoms with van der Waals surface area (Å²) in [4.78, 5) is 16.1. The fourth-order valence-corrected chi connectivity index (χ4v) is 3.66. The number of likely N-dealkylation sites (N-methyl/N-ethyl adjacent to an activating group) is 1. The van der Waals surface area contributed by atoms with E-state index < -0.39 is 5.97 Å². The minimum absolute atomic E-state index is 0.269. The summed E-state index contributed by atoms with van der Waals surface area (Å²) in [5, 5.41) is 10.1. The molecule has 1 aliphatic heterocycles. The fourth-order valence-electron chi connectivity index (χ4n) is 2.74. The van der Waals surface area contributed by atoms with Crippen LogP contribution in [0.5, 0.6) is 0 Å². The summed E-state index contributed by atoms with van der Waals surface area (Å²) >= 11 is 1.36. The van der Waals surface area contributed by atoms with E-state index in [4.69, 9.17) is 5.11 Å². The van der Waals surface area contributed by atoms with Gasteiger partial charge < -0.3 is 14.9 Å². The summed E-state index contributed by atoms with van der Waals surface area (Å²) in [6.07, 6.45) is 0. The van der Waals surface area contributed by atoms with Gasteiger partial charge in [0.1, 0.15) is 4.88 Å². The number of rotatable bonds is 3. The van der Waals surface area contributed by atoms with Gasteiger partial charge in [-0.1, -0.05) is 30.3 Å². The molecule has 1 atom stereocenters. The summed E-state index contributed by atoms with van der Waals surface area (Å²) in [6.45, 7) is 2.85. The number of carboxylic acid groups (broad SMARTS) is 1. The highest BCUT2D eigenvalue weighted by Gasteiger charge is 2.28. The first-order valence-corrected chi connectivity index (χ1v) is 7.80. The molecule has 5 heteroatoms. The van der Waals surface area contributed by atoms with Crippen molar-refractivity contribution in [2.24, 2.45) is 0 Å². The lowest BCUT2D eigenvalue weighted by atomic mass is 10.0. The Hall–Kier alpha value is -1.85. The first-order valence-electron chi connectivity index (χ1n) is 6.98. The van der Waals surface area contributed by atoms with Crippen LogP contribution in [0.2, 0.25) is 0 Å². The Balaban J connectivity index is 1.92. The van der Waals surface area contributed by atoms with Gasteiger partial charge in [0.25, 0.3) is 0 Å². The van der Waals surface area contributed by atoms with E-state index in [2.05, 4.69) is 41.1 Å². The molecule has 21 heavy (non-hydrogen) atoms. The van der Waals surface area contributed by atoms with Gasteiger partial charge in [0, 0.05) is 19.6 Å². The normalized spacial score (nSPS) is 19.7. The highest BCUT2D eigenvalue weighted by Crippen LogP contribution is 2.35. The number of piperazine rings is 1. The lowest BCUT2D eigenvalue weighted by molar-refractivity contribution is 0.0702. The first-order chi connectivity index (χ1) is 10.1. The third-order valence-electron chi connectivity index (χ3n) is 3.85. The molecule has 1 saturated heterocycles. The number of nitrogens with zero attached hydrogens (tertiary/aromatic N) is 2. The Morgan fingerprint density at radius 2 is 1.95 bits per heavy atom. The molecular formula is C16H18N2O2S. The zero-order valence-corrected chi connectivity index (χ0v) is 12.7. The van der Waals surface area contributed by atoms with E-state index in [0.717, 1.165) is 24.6 Å². The first kappa shape index (κ1) is 14.1. The van der Waals surface area contributed by atoms with Crippen LogP contribution in [0.15, 0.2) is 42.5 Å². The molecule has 1 N–H and O–H groups in total. The van der Waals surface area contributed by atoms with E-state index in [1.807, 2.05) is 12.1 Å². The topological polar surface area (TPSA) is 43.8 Å². The minimum Gasteiger partial charge on any atom is -0.477 e. The number of carboxylic acids is 1. The SMILES string of the molecule is CN1CCN(c2ccc(C(=O)O)s2)[C@H](c2ccccc2)C1. The number of benzene rings is 1. The molecule has 2 heterocycles. The van der Waals surface area contributed by atoms with E-state index in [1.54, 1.807) is 6.07 Å². The van der Waals surface area contributed by atoms with Crippen molar-refractivity contribution in [2.45, 2.75) is 6.04 Å². The van der Waals surface area contributed by atoms with Gasteiger partial charge in [0.15, 0.2) is 0 Å². The van der Waals surface area contributed by atoms with Crippen molar-refractivity contribution < 1.29 is 9.90 Å². The minimum atomic E-state index is -0.850. The maximum Gasteiger partial charge on any atom is 0.345 e. The third kappa shape index (κ3) is 2.94. The molecule has 4 nitrogen and oxygen atoms in total. The number of aromatic carboxylic acids is 1. The van der Waals surface area contributed by atoms with Crippen molar-refractivity contribution >= 4 is 22.3 Å². The van der Waals surface area contributed by atoms with Gasteiger partial charge in [-0.25, -0.2) is 4.79 Å². The zero-order valence-electron chi connectivity index (χ0n) is 11.9. The number of hydrogen-bond donors (Lipinski definition) is 1. The second-order valence-corrected chi connectivity index (χ2v) is 6.39. The van der Waals surface area contributed by atoms with Gasteiger partial charge in [-0.3, -0.25) is 0 Å². The van der Waals surface area contributed by atoms with E-state index in [9.17, 15) is 4.79 Å². The number of thiophene rings is 1. The Morgan fingerprint density at radius 1 is 1.19 bits per heavy atom. The van der Waals surface area contributed by atoms with Gasteiger partial charge in [0.2, 0.25) is 0 Å². The van der Waals surface area contributed by atoms with Crippen molar-refractivity contribution in [3.63, 3.8) is 0 Å². The van der Waals surface area contributed by atoms with Crippen LogP contribution >= 0.6 is 11.3 Å². The number of carbonyl (C=O) groups is 1. The quantitative estimate of drug-likeness (QED) is 0.947. The van der Waals surface area contributed by atoms with E-state index in [1.165, 1.54) is 16.9 Å². The molecular weight excluding hydrogens is 284 g/mol. The Labute approximate surface area is 128 Å². The molecule has 1 aliphatic rings. The van der Waals surface area contributed by atoms with Crippen LogP contribution in [0.3, 0.4) is 0 Å². The van der Waals surface area contributed by atoms with Crippen molar-refractivity contribution in [3.8, 4) is 0 Å². The van der Waals surface area contributed by atoms with Crippen LogP contribution in [-0.2, 0) is 0 Å². The van der Waals surface area contributed by atoms with Gasteiger partial charge in [-0.15, -0.1) is 11.3 Å². The van der Waals surface area contributed by atoms with Crippen LogP contribution < -0.4 is 4.90 Å². The van der Waals surface area contributed by atoms with Crippen LogP contribution in [0, 0.1) is 0 Å². The maximum atomic E-state index is 11.1. The lowest BCUT2D eigenvalue weighted by Gasteiger charge is -2.41. The predicted molar refractivity (Wildman–Crippen MR) is 85.3 cm³/mol. The Kier molecular flexibility index (Phi) is 3.94. The van der Waals surface area contributed by atoms with Gasteiger partial charge in [-0.2, -0.15) is 0 Å². The van der Waals surface area contributed by atoms with Crippen molar-refractivity contribution in [1.82, 2.24) is 4.90 Å². The Bertz CT molecular complexity index is 626. The molecule has 0 spiro atoms. The predicted octanol–water partition coefficient (Wildman–Crippen LogP) is 2.94. The van der Waals surface area contributed by atoms with E-state index >= 15 is 0 Å². The molecule has 0 aliphatic carbocycles. The summed E-state index contributed by atoms with van der Waals surface area (Å²) in [5.41, 5.74) is 1.27. The summed E-state index contributed by atoms with van der Waals surface area (Å²) in [5.74, 6) is -0.850. The molecule has 1 aromatic heterocycles. The van der Waals surface area contributed by atoms with E-state index in [0.29, 0.717) is 4.88 Å². The fraction of sp³-hybridized carbons (Fsp3) is 0.312.